The largest absolute Gasteiger partial charge is 1.00 e. The minimum Gasteiger partial charge on any atom is -1.00 e. The first-order chi connectivity index (χ1) is 11.2. The Morgan fingerprint density at radius 2 is 1.88 bits per heavy atom. The smallest absolute Gasteiger partial charge is 1.00 e. The average molecular weight is 439 g/mol. The summed E-state index contributed by atoms with van der Waals surface area (Å²) in [5.41, 5.74) is 8.76. The van der Waals surface area contributed by atoms with Crippen LogP contribution in [0.25, 0.3) is 16.7 Å². The molecule has 0 bridgehead atoms. The summed E-state index contributed by atoms with van der Waals surface area (Å²) >= 11 is 9.54. The van der Waals surface area contributed by atoms with Gasteiger partial charge in [0.15, 0.2) is 0 Å². The van der Waals surface area contributed by atoms with Crippen LogP contribution in [0, 0.1) is 0 Å². The summed E-state index contributed by atoms with van der Waals surface area (Å²) < 4.78 is 0.486. The van der Waals surface area contributed by atoms with Crippen molar-refractivity contribution in [2.24, 2.45) is 0 Å². The van der Waals surface area contributed by atoms with Gasteiger partial charge in [-0.05, 0) is 0 Å². The van der Waals surface area contributed by atoms with Crippen LogP contribution in [0.1, 0.15) is 34.3 Å². The van der Waals surface area contributed by atoms with Gasteiger partial charge < -0.3 is 24.8 Å². The molecule has 0 radical (unpaired) electrons. The fourth-order valence-electron chi connectivity index (χ4n) is 4.35. The van der Waals surface area contributed by atoms with E-state index in [0.717, 1.165) is 12.5 Å². The molecule has 0 nitrogen and oxygen atoms in total. The summed E-state index contributed by atoms with van der Waals surface area (Å²) in [5, 5.41) is 3.10. The number of hydrogen-bond acceptors (Lipinski definition) is 0. The molecular weight excluding hydrogens is 423 g/mol. The van der Waals surface area contributed by atoms with Crippen LogP contribution in [-0.4, -0.2) is 7.38 Å². The zero-order valence-corrected chi connectivity index (χ0v) is 18.6. The topological polar surface area (TPSA) is 0 Å². The third-order valence-corrected chi connectivity index (χ3v) is 11.8. The summed E-state index contributed by atoms with van der Waals surface area (Å²) in [7, 11) is -1.86. The monoisotopic (exact) mass is 437 g/mol. The predicted octanol–water partition coefficient (Wildman–Crippen LogP) is -1.71. The number of rotatable bonds is 2. The maximum atomic E-state index is 7.19. The van der Waals surface area contributed by atoms with E-state index in [2.05, 4.69) is 75.9 Å². The zero-order chi connectivity index (χ0) is 15.8. The maximum Gasteiger partial charge on any atom is -1.00 e. The van der Waals surface area contributed by atoms with E-state index in [1.807, 2.05) is 0 Å². The van der Waals surface area contributed by atoms with Crippen LogP contribution < -0.4 is 35.2 Å². The summed E-state index contributed by atoms with van der Waals surface area (Å²) in [6, 6.07) is 12.4. The molecule has 2 aliphatic carbocycles. The molecule has 5 heteroatoms. The first kappa shape index (κ1) is 19.5. The van der Waals surface area contributed by atoms with Crippen molar-refractivity contribution in [2.75, 3.05) is 0 Å². The van der Waals surface area contributed by atoms with Crippen LogP contribution in [0.15, 0.2) is 48.6 Å². The van der Waals surface area contributed by atoms with Crippen molar-refractivity contribution >= 4 is 34.4 Å². The van der Waals surface area contributed by atoms with E-state index in [1.165, 1.54) is 33.0 Å². The Hall–Kier alpha value is -0.279. The molecule has 0 saturated heterocycles. The molecule has 0 saturated carbocycles. The third-order valence-electron chi connectivity index (χ3n) is 5.55. The molecule has 125 valence electrons. The summed E-state index contributed by atoms with van der Waals surface area (Å²) in [6.07, 6.45) is 7.74. The van der Waals surface area contributed by atoms with Gasteiger partial charge in [-0.25, -0.2) is 0 Å². The van der Waals surface area contributed by atoms with Gasteiger partial charge in [0.2, 0.25) is 0 Å². The van der Waals surface area contributed by atoms with Crippen LogP contribution in [0.4, 0.5) is 0 Å². The van der Waals surface area contributed by atoms with Crippen molar-refractivity contribution in [1.29, 1.82) is 0 Å². The Labute approximate surface area is 178 Å². The Bertz CT molecular complexity index is 935. The van der Waals surface area contributed by atoms with Gasteiger partial charge in [0.05, 0.1) is 0 Å². The van der Waals surface area contributed by atoms with Crippen molar-refractivity contribution < 1.29 is 45.2 Å². The molecule has 0 fully saturated rings. The molecule has 0 aromatic heterocycles. The molecule has 5 rings (SSSR count). The van der Waals surface area contributed by atoms with Crippen LogP contribution in [0.3, 0.4) is 0 Å². The van der Waals surface area contributed by atoms with E-state index >= 15 is 0 Å². The number of benzene rings is 2. The van der Waals surface area contributed by atoms with Gasteiger partial charge in [0, 0.05) is 0 Å². The predicted molar refractivity (Wildman–Crippen MR) is 96.8 cm³/mol. The van der Waals surface area contributed by atoms with Gasteiger partial charge in [-0.3, -0.25) is 0 Å². The van der Waals surface area contributed by atoms with E-state index in [-0.39, 0.29) is 24.8 Å². The number of hydrogen-bond donors (Lipinski definition) is 0. The van der Waals surface area contributed by atoms with Gasteiger partial charge in [0.25, 0.3) is 0 Å². The molecule has 0 N–H and O–H groups in total. The molecule has 0 amide bonds. The van der Waals surface area contributed by atoms with E-state index in [0.29, 0.717) is 4.22 Å². The second-order valence-electron chi connectivity index (χ2n) is 6.63. The minimum atomic E-state index is -1.86. The molecule has 2 unspecified atom stereocenters. The van der Waals surface area contributed by atoms with Gasteiger partial charge in [0.1, 0.15) is 0 Å². The fraction of sp³-hybridized carbons (Fsp3) is 0.200. The minimum absolute atomic E-state index is 0. The van der Waals surface area contributed by atoms with Crippen molar-refractivity contribution in [1.82, 2.24) is 0 Å². The second kappa shape index (κ2) is 6.71. The molecule has 1 heterocycles. The number of allylic oxidation sites excluding steroid dienone is 4. The molecular formula is C20H16Cl3SiTi. The first-order valence-electron chi connectivity index (χ1n) is 8.24. The zero-order valence-electron chi connectivity index (χ0n) is 13.7. The van der Waals surface area contributed by atoms with Gasteiger partial charge in [-0.1, -0.05) is 0 Å². The maximum absolute atomic E-state index is 7.19. The fourth-order valence-corrected chi connectivity index (χ4v) is 10.1. The Morgan fingerprint density at radius 3 is 2.56 bits per heavy atom. The summed E-state index contributed by atoms with van der Waals surface area (Å²) in [6.45, 7) is 2.27. The van der Waals surface area contributed by atoms with Gasteiger partial charge in [-0.2, -0.15) is 0 Å². The van der Waals surface area contributed by atoms with Crippen LogP contribution in [0.2, 0.25) is 6.04 Å². The standard InChI is InChI=1S/C20H16ClSi.2ClH.Ti/c1-2-22(21)19-16(13-7-3-4-8-13)12-17-15-10-6-5-9-14(15)11-18(17)20(19)22;;;/h3-7,9-12H,2,8H2,1H3;2*1H;/q;;;+2/p-2. The average Bonchev–Trinajstić information content (AvgIpc) is 2.96. The third kappa shape index (κ3) is 2.51. The first-order valence-corrected chi connectivity index (χ1v) is 12.4. The summed E-state index contributed by atoms with van der Waals surface area (Å²) in [5.74, 6) is 0. The summed E-state index contributed by atoms with van der Waals surface area (Å²) in [4.78, 5) is 0. The van der Waals surface area contributed by atoms with Crippen molar-refractivity contribution in [2.45, 2.75) is 23.6 Å². The number of fused-ring (bicyclic) bond motifs is 5. The molecule has 25 heavy (non-hydrogen) atoms. The molecule has 2 atom stereocenters. The van der Waals surface area contributed by atoms with E-state index in [1.54, 1.807) is 10.8 Å². The van der Waals surface area contributed by atoms with Crippen LogP contribution in [0.5, 0.6) is 0 Å². The van der Waals surface area contributed by atoms with Crippen LogP contribution in [-0.2, 0) is 20.4 Å². The van der Waals surface area contributed by atoms with Gasteiger partial charge in [-0.15, -0.1) is 0 Å². The van der Waals surface area contributed by atoms with Gasteiger partial charge >= 0.3 is 155 Å². The van der Waals surface area contributed by atoms with E-state index < -0.39 is 7.38 Å². The quantitative estimate of drug-likeness (QED) is 0.387. The van der Waals surface area contributed by atoms with E-state index in [4.69, 9.17) is 11.1 Å². The normalized spacial score (nSPS) is 23.8. The second-order valence-corrected chi connectivity index (χ2v) is 12.8. The molecule has 3 aliphatic rings. The van der Waals surface area contributed by atoms with Crippen molar-refractivity contribution in [3.8, 4) is 11.1 Å². The molecule has 2 aromatic rings. The molecule has 1 aliphatic heterocycles. The van der Waals surface area contributed by atoms with E-state index in [9.17, 15) is 0 Å². The SMILES string of the molecule is CC[Si]1(Cl)c2c(C3=CC=CC3)cc3c(c21)[CH]([Ti+2])c1ccccc1-3.[Cl-].[Cl-]. The van der Waals surface area contributed by atoms with Crippen molar-refractivity contribution in [3.05, 3.63) is 65.3 Å². The Kier molecular flexibility index (Phi) is 5.23. The molecule has 2 aromatic carbocycles. The molecule has 0 spiro atoms. The van der Waals surface area contributed by atoms with Crippen molar-refractivity contribution in [3.63, 3.8) is 0 Å². The number of halogens is 3. The van der Waals surface area contributed by atoms with Crippen LogP contribution >= 0.6 is 11.1 Å². The Morgan fingerprint density at radius 1 is 1.12 bits per heavy atom. The Balaban J connectivity index is 0.000000911.